The molecule has 0 unspecified atom stereocenters. The Morgan fingerprint density at radius 2 is 1.72 bits per heavy atom. The van der Waals surface area contributed by atoms with E-state index in [0.29, 0.717) is 19.0 Å². The topological polar surface area (TPSA) is 57.7 Å². The maximum Gasteiger partial charge on any atom is 0.254 e. The molecular weight excluding hydrogens is 484 g/mol. The van der Waals surface area contributed by atoms with Gasteiger partial charge in [-0.2, -0.15) is 0 Å². The third kappa shape index (κ3) is 6.84. The van der Waals surface area contributed by atoms with Gasteiger partial charge in [0.15, 0.2) is 0 Å². The van der Waals surface area contributed by atoms with Crippen LogP contribution in [0.2, 0.25) is 0 Å². The van der Waals surface area contributed by atoms with Gasteiger partial charge < -0.3 is 15.0 Å². The molecule has 2 heterocycles. The summed E-state index contributed by atoms with van der Waals surface area (Å²) in [5.41, 5.74) is 7.39. The molecule has 0 atom stereocenters. The SMILES string of the molecule is COc1ccc(-c2ccc3c(c2)CN(C(=O)c2ccc(C)cc2)CCN(Cc2ccccc2)CCCN3)cn1. The van der Waals surface area contributed by atoms with Crippen LogP contribution in [0.4, 0.5) is 5.69 Å². The Morgan fingerprint density at radius 3 is 2.46 bits per heavy atom. The van der Waals surface area contributed by atoms with E-state index >= 15 is 0 Å². The summed E-state index contributed by atoms with van der Waals surface area (Å²) in [6, 6.07) is 28.8. The lowest BCUT2D eigenvalue weighted by molar-refractivity contribution is 0.0720. The highest BCUT2D eigenvalue weighted by atomic mass is 16.5. The first kappa shape index (κ1) is 26.4. The predicted molar refractivity (Wildman–Crippen MR) is 157 cm³/mol. The molecule has 0 bridgehead atoms. The molecule has 0 fully saturated rings. The first-order valence-electron chi connectivity index (χ1n) is 13.6. The number of rotatable bonds is 5. The van der Waals surface area contributed by atoms with Gasteiger partial charge in [0, 0.05) is 68.3 Å². The summed E-state index contributed by atoms with van der Waals surface area (Å²) in [7, 11) is 1.62. The van der Waals surface area contributed by atoms with Crippen molar-refractivity contribution in [2.24, 2.45) is 0 Å². The average molecular weight is 521 g/mol. The molecule has 1 aliphatic rings. The molecule has 1 aromatic heterocycles. The van der Waals surface area contributed by atoms with Crippen molar-refractivity contribution in [3.05, 3.63) is 113 Å². The Balaban J connectivity index is 1.45. The number of aromatic nitrogens is 1. The second-order valence-electron chi connectivity index (χ2n) is 10.1. The third-order valence-corrected chi connectivity index (χ3v) is 7.23. The maximum absolute atomic E-state index is 13.8. The minimum absolute atomic E-state index is 0.0522. The molecule has 1 amide bonds. The van der Waals surface area contributed by atoms with Gasteiger partial charge in [0.1, 0.15) is 0 Å². The molecule has 0 radical (unpaired) electrons. The number of methoxy groups -OCH3 is 1. The van der Waals surface area contributed by atoms with Crippen LogP contribution in [0.1, 0.15) is 33.5 Å². The van der Waals surface area contributed by atoms with Crippen molar-refractivity contribution >= 4 is 11.6 Å². The van der Waals surface area contributed by atoms with Crippen molar-refractivity contribution in [2.75, 3.05) is 38.6 Å². The van der Waals surface area contributed by atoms with Crippen LogP contribution in [0, 0.1) is 6.92 Å². The molecule has 39 heavy (non-hydrogen) atoms. The Bertz CT molecular complexity index is 1370. The molecule has 200 valence electrons. The number of carbonyl (C=O) groups excluding carboxylic acids is 1. The minimum Gasteiger partial charge on any atom is -0.481 e. The molecule has 1 N–H and O–H groups in total. The van der Waals surface area contributed by atoms with E-state index in [-0.39, 0.29) is 5.91 Å². The Morgan fingerprint density at radius 1 is 0.923 bits per heavy atom. The smallest absolute Gasteiger partial charge is 0.254 e. The van der Waals surface area contributed by atoms with Crippen molar-refractivity contribution in [1.29, 1.82) is 0 Å². The molecule has 0 spiro atoms. The van der Waals surface area contributed by atoms with Gasteiger partial charge in [-0.05, 0) is 60.4 Å². The van der Waals surface area contributed by atoms with Crippen LogP contribution in [0.15, 0.2) is 91.1 Å². The van der Waals surface area contributed by atoms with Crippen molar-refractivity contribution < 1.29 is 9.53 Å². The molecule has 6 heteroatoms. The van der Waals surface area contributed by atoms with Crippen LogP contribution in [0.3, 0.4) is 0 Å². The van der Waals surface area contributed by atoms with E-state index in [2.05, 4.69) is 63.7 Å². The number of hydrogen-bond donors (Lipinski definition) is 1. The lowest BCUT2D eigenvalue weighted by Gasteiger charge is -2.28. The molecule has 5 rings (SSSR count). The molecule has 3 aromatic carbocycles. The van der Waals surface area contributed by atoms with Gasteiger partial charge in [-0.3, -0.25) is 9.69 Å². The van der Waals surface area contributed by atoms with E-state index in [4.69, 9.17) is 4.74 Å². The quantitative estimate of drug-likeness (QED) is 0.348. The second-order valence-corrected chi connectivity index (χ2v) is 10.1. The summed E-state index contributed by atoms with van der Waals surface area (Å²) in [5, 5.41) is 3.65. The zero-order valence-electron chi connectivity index (χ0n) is 22.8. The maximum atomic E-state index is 13.8. The van der Waals surface area contributed by atoms with Crippen LogP contribution in [-0.2, 0) is 13.1 Å². The number of carbonyl (C=O) groups is 1. The average Bonchev–Trinajstić information content (AvgIpc) is 3.01. The highest BCUT2D eigenvalue weighted by Crippen LogP contribution is 2.28. The molecule has 4 aromatic rings. The summed E-state index contributed by atoms with van der Waals surface area (Å²) in [4.78, 5) is 22.7. The van der Waals surface area contributed by atoms with E-state index in [9.17, 15) is 4.79 Å². The van der Waals surface area contributed by atoms with Crippen molar-refractivity contribution in [3.63, 3.8) is 0 Å². The van der Waals surface area contributed by atoms with Crippen LogP contribution in [-0.4, -0.2) is 54.0 Å². The van der Waals surface area contributed by atoms with Gasteiger partial charge in [0.05, 0.1) is 7.11 Å². The number of nitrogens with zero attached hydrogens (tertiary/aromatic N) is 3. The highest BCUT2D eigenvalue weighted by molar-refractivity contribution is 5.94. The van der Waals surface area contributed by atoms with Gasteiger partial charge in [0.2, 0.25) is 5.88 Å². The molecule has 1 aliphatic heterocycles. The van der Waals surface area contributed by atoms with E-state index in [0.717, 1.165) is 66.1 Å². The predicted octanol–water partition coefficient (Wildman–Crippen LogP) is 6.03. The Hall–Kier alpha value is -4.16. The number of pyridine rings is 1. The number of nitrogens with one attached hydrogen (secondary N) is 1. The van der Waals surface area contributed by atoms with Crippen LogP contribution in [0.25, 0.3) is 11.1 Å². The molecular formula is C33H36N4O2. The van der Waals surface area contributed by atoms with Crippen molar-refractivity contribution in [1.82, 2.24) is 14.8 Å². The summed E-state index contributed by atoms with van der Waals surface area (Å²) in [6.07, 6.45) is 2.85. The van der Waals surface area contributed by atoms with Crippen molar-refractivity contribution in [3.8, 4) is 17.0 Å². The van der Waals surface area contributed by atoms with Gasteiger partial charge in [0.25, 0.3) is 5.91 Å². The number of amides is 1. The molecule has 0 saturated carbocycles. The van der Waals surface area contributed by atoms with E-state index in [1.165, 1.54) is 5.56 Å². The van der Waals surface area contributed by atoms with Crippen molar-refractivity contribution in [2.45, 2.75) is 26.4 Å². The van der Waals surface area contributed by atoms with Gasteiger partial charge in [-0.15, -0.1) is 0 Å². The number of aryl methyl sites for hydroxylation is 1. The lowest BCUT2D eigenvalue weighted by atomic mass is 10.0. The first-order chi connectivity index (χ1) is 19.1. The number of ether oxygens (including phenoxy) is 1. The first-order valence-corrected chi connectivity index (χ1v) is 13.6. The fourth-order valence-electron chi connectivity index (χ4n) is 4.98. The number of benzene rings is 3. The number of fused-ring (bicyclic) bond motifs is 1. The number of hydrogen-bond acceptors (Lipinski definition) is 5. The van der Waals surface area contributed by atoms with Crippen LogP contribution in [0.5, 0.6) is 5.88 Å². The Labute approximate surface area is 231 Å². The molecule has 0 saturated heterocycles. The lowest BCUT2D eigenvalue weighted by Crippen LogP contribution is -2.38. The van der Waals surface area contributed by atoms with Gasteiger partial charge >= 0.3 is 0 Å². The Kier molecular flexibility index (Phi) is 8.54. The summed E-state index contributed by atoms with van der Waals surface area (Å²) >= 11 is 0. The van der Waals surface area contributed by atoms with Gasteiger partial charge in [-0.1, -0.05) is 54.1 Å². The summed E-state index contributed by atoms with van der Waals surface area (Å²) in [5.74, 6) is 0.641. The molecule has 0 aliphatic carbocycles. The highest BCUT2D eigenvalue weighted by Gasteiger charge is 2.20. The van der Waals surface area contributed by atoms with Crippen LogP contribution >= 0.6 is 0 Å². The minimum atomic E-state index is 0.0522. The standard InChI is InChI=1S/C33H36N4O2/c1-25-9-11-27(12-10-25)33(38)37-20-19-36(23-26-7-4-3-5-8-26)18-6-17-34-31-15-13-28(21-30(31)24-37)29-14-16-32(39-2)35-22-29/h3-5,7-16,21-22,34H,6,17-20,23-24H2,1-2H3. The fraction of sp³-hybridized carbons (Fsp3) is 0.273. The number of anilines is 1. The van der Waals surface area contributed by atoms with Crippen LogP contribution < -0.4 is 10.1 Å². The van der Waals surface area contributed by atoms with E-state index in [1.54, 1.807) is 7.11 Å². The second kappa shape index (κ2) is 12.6. The zero-order chi connectivity index (χ0) is 27.0. The van der Waals surface area contributed by atoms with E-state index in [1.807, 2.05) is 54.4 Å². The summed E-state index contributed by atoms with van der Waals surface area (Å²) in [6.45, 7) is 6.71. The normalized spacial score (nSPS) is 14.6. The largest absolute Gasteiger partial charge is 0.481 e. The summed E-state index contributed by atoms with van der Waals surface area (Å²) < 4.78 is 5.23. The monoisotopic (exact) mass is 520 g/mol. The molecule has 6 nitrogen and oxygen atoms in total. The van der Waals surface area contributed by atoms with Gasteiger partial charge in [-0.25, -0.2) is 4.98 Å². The van der Waals surface area contributed by atoms with E-state index < -0.39 is 0 Å². The fourth-order valence-corrected chi connectivity index (χ4v) is 4.98. The zero-order valence-corrected chi connectivity index (χ0v) is 22.8. The third-order valence-electron chi connectivity index (χ3n) is 7.23.